The molecule has 5 nitrogen and oxygen atoms in total. The maximum Gasteiger partial charge on any atom is 0.270 e. The number of nitrogens with zero attached hydrogens (tertiary/aromatic N) is 2. The van der Waals surface area contributed by atoms with E-state index < -0.39 is 0 Å². The number of hydrogen-bond donors (Lipinski definition) is 1. The molecule has 1 aromatic heterocycles. The van der Waals surface area contributed by atoms with Crippen LogP contribution in [0.3, 0.4) is 0 Å². The number of nitrogens with one attached hydrogen (secondary N) is 1. The third-order valence-electron chi connectivity index (χ3n) is 4.97. The Morgan fingerprint density at radius 1 is 1.22 bits per heavy atom. The van der Waals surface area contributed by atoms with Crippen molar-refractivity contribution in [1.82, 2.24) is 15.1 Å². The van der Waals surface area contributed by atoms with Crippen LogP contribution in [-0.2, 0) is 4.79 Å². The minimum atomic E-state index is -0.170. The predicted octanol–water partition coefficient (Wildman–Crippen LogP) is 3.78. The number of aryl methyl sites for hydroxylation is 1. The van der Waals surface area contributed by atoms with Crippen LogP contribution in [0.25, 0.3) is 22.7 Å². The number of carbonyl (C=O) groups is 2. The van der Waals surface area contributed by atoms with Gasteiger partial charge in [-0.05, 0) is 67.2 Å². The molecule has 1 heterocycles. The second-order valence-electron chi connectivity index (χ2n) is 6.94. The van der Waals surface area contributed by atoms with Crippen LogP contribution in [0.2, 0.25) is 0 Å². The van der Waals surface area contributed by atoms with Crippen LogP contribution >= 0.6 is 0 Å². The van der Waals surface area contributed by atoms with Crippen molar-refractivity contribution in [2.75, 3.05) is 7.05 Å². The summed E-state index contributed by atoms with van der Waals surface area (Å²) in [4.78, 5) is 23.4. The van der Waals surface area contributed by atoms with Gasteiger partial charge >= 0.3 is 0 Å². The minimum Gasteiger partial charge on any atom is -0.354 e. The number of benzene rings is 2. The van der Waals surface area contributed by atoms with Crippen molar-refractivity contribution in [1.29, 1.82) is 0 Å². The summed E-state index contributed by atoms with van der Waals surface area (Å²) in [6.07, 6.45) is 6.37. The Balaban J connectivity index is 1.98. The Kier molecular flexibility index (Phi) is 4.36. The Morgan fingerprint density at radius 2 is 1.96 bits per heavy atom. The van der Waals surface area contributed by atoms with Crippen molar-refractivity contribution < 1.29 is 9.59 Å². The standard InChI is InChI=1S/C22H21N3O2/c1-14-5-9-17(10-6-14)25-21(22(27)23-2)19-13-18(15-7-8-15)16(4-3-11-26)12-20(19)24-25/h3-6,9-13,15H,7-8H2,1-2H3,(H,23,27). The third kappa shape index (κ3) is 3.16. The molecule has 1 N–H and O–H groups in total. The van der Waals surface area contributed by atoms with Gasteiger partial charge in [-0.1, -0.05) is 23.8 Å². The number of aldehydes is 1. The van der Waals surface area contributed by atoms with E-state index in [1.54, 1.807) is 11.7 Å². The lowest BCUT2D eigenvalue weighted by molar-refractivity contribution is -0.104. The highest BCUT2D eigenvalue weighted by molar-refractivity contribution is 6.06. The molecule has 0 aliphatic heterocycles. The summed E-state index contributed by atoms with van der Waals surface area (Å²) in [6, 6.07) is 12.0. The van der Waals surface area contributed by atoms with Crippen LogP contribution in [0.15, 0.2) is 42.5 Å². The molecule has 0 atom stereocenters. The van der Waals surface area contributed by atoms with E-state index in [9.17, 15) is 9.59 Å². The molecule has 1 aliphatic carbocycles. The first-order valence-corrected chi connectivity index (χ1v) is 9.10. The van der Waals surface area contributed by atoms with Gasteiger partial charge in [-0.25, -0.2) is 4.68 Å². The maximum atomic E-state index is 12.7. The zero-order valence-corrected chi connectivity index (χ0v) is 15.4. The summed E-state index contributed by atoms with van der Waals surface area (Å²) in [7, 11) is 1.63. The van der Waals surface area contributed by atoms with Crippen LogP contribution < -0.4 is 5.32 Å². The van der Waals surface area contributed by atoms with E-state index in [0.717, 1.165) is 46.8 Å². The zero-order chi connectivity index (χ0) is 19.0. The molecule has 1 aliphatic rings. The summed E-state index contributed by atoms with van der Waals surface area (Å²) in [5, 5.41) is 8.27. The highest BCUT2D eigenvalue weighted by Gasteiger charge is 2.28. The van der Waals surface area contributed by atoms with E-state index >= 15 is 0 Å². The first-order chi connectivity index (χ1) is 13.1. The third-order valence-corrected chi connectivity index (χ3v) is 4.97. The Labute approximate surface area is 157 Å². The fourth-order valence-electron chi connectivity index (χ4n) is 3.41. The minimum absolute atomic E-state index is 0.170. The van der Waals surface area contributed by atoms with Crippen LogP contribution in [0.5, 0.6) is 0 Å². The normalized spacial score (nSPS) is 14.0. The average molecular weight is 359 g/mol. The van der Waals surface area contributed by atoms with Crippen molar-refractivity contribution in [2.45, 2.75) is 25.7 Å². The van der Waals surface area contributed by atoms with E-state index in [-0.39, 0.29) is 5.91 Å². The van der Waals surface area contributed by atoms with E-state index in [1.807, 2.05) is 43.3 Å². The van der Waals surface area contributed by atoms with Crippen molar-refractivity contribution in [3.8, 4) is 5.69 Å². The lowest BCUT2D eigenvalue weighted by Crippen LogP contribution is -2.21. The Hall–Kier alpha value is -3.21. The predicted molar refractivity (Wildman–Crippen MR) is 106 cm³/mol. The highest BCUT2D eigenvalue weighted by Crippen LogP contribution is 2.43. The zero-order valence-electron chi connectivity index (χ0n) is 15.4. The molecule has 0 radical (unpaired) electrons. The second kappa shape index (κ2) is 6.83. The molecule has 2 aromatic carbocycles. The quantitative estimate of drug-likeness (QED) is 0.557. The molecule has 0 saturated heterocycles. The molecular formula is C22H21N3O2. The van der Waals surface area contributed by atoms with Crippen molar-refractivity contribution in [2.24, 2.45) is 0 Å². The van der Waals surface area contributed by atoms with Crippen molar-refractivity contribution in [3.63, 3.8) is 0 Å². The molecule has 5 heteroatoms. The molecule has 1 fully saturated rings. The van der Waals surface area contributed by atoms with Gasteiger partial charge in [0.05, 0.1) is 11.2 Å². The fraction of sp³-hybridized carbons (Fsp3) is 0.227. The topological polar surface area (TPSA) is 64.0 Å². The van der Waals surface area contributed by atoms with Gasteiger partial charge in [-0.15, -0.1) is 0 Å². The monoisotopic (exact) mass is 359 g/mol. The second-order valence-corrected chi connectivity index (χ2v) is 6.94. The summed E-state index contributed by atoms with van der Waals surface area (Å²) in [6.45, 7) is 2.02. The number of aromatic nitrogens is 2. The highest BCUT2D eigenvalue weighted by atomic mass is 16.2. The number of rotatable bonds is 5. The van der Waals surface area contributed by atoms with Crippen LogP contribution in [0.4, 0.5) is 0 Å². The van der Waals surface area contributed by atoms with E-state index in [2.05, 4.69) is 11.4 Å². The number of fused-ring (bicyclic) bond motifs is 1. The van der Waals surface area contributed by atoms with E-state index in [4.69, 9.17) is 5.10 Å². The van der Waals surface area contributed by atoms with E-state index in [1.165, 1.54) is 11.6 Å². The molecular weight excluding hydrogens is 338 g/mol. The molecule has 27 heavy (non-hydrogen) atoms. The van der Waals surface area contributed by atoms with Gasteiger partial charge in [-0.2, -0.15) is 5.10 Å². The number of carbonyl (C=O) groups excluding carboxylic acids is 2. The van der Waals surface area contributed by atoms with Gasteiger partial charge in [0.1, 0.15) is 12.0 Å². The van der Waals surface area contributed by atoms with E-state index in [0.29, 0.717) is 11.6 Å². The Morgan fingerprint density at radius 3 is 2.59 bits per heavy atom. The molecule has 0 unspecified atom stereocenters. The first kappa shape index (κ1) is 17.2. The van der Waals surface area contributed by atoms with Gasteiger partial charge < -0.3 is 5.32 Å². The maximum absolute atomic E-state index is 12.7. The van der Waals surface area contributed by atoms with Crippen LogP contribution in [0, 0.1) is 6.92 Å². The molecule has 4 rings (SSSR count). The first-order valence-electron chi connectivity index (χ1n) is 9.10. The molecule has 136 valence electrons. The summed E-state index contributed by atoms with van der Waals surface area (Å²) in [5.41, 5.74) is 5.43. The van der Waals surface area contributed by atoms with Crippen molar-refractivity contribution >= 4 is 29.2 Å². The molecule has 1 saturated carbocycles. The summed E-state index contributed by atoms with van der Waals surface area (Å²) in [5.74, 6) is 0.317. The average Bonchev–Trinajstić information content (AvgIpc) is 3.46. The van der Waals surface area contributed by atoms with Crippen LogP contribution in [0.1, 0.15) is 45.9 Å². The largest absolute Gasteiger partial charge is 0.354 e. The van der Waals surface area contributed by atoms with Crippen molar-refractivity contribution in [3.05, 3.63) is 64.9 Å². The smallest absolute Gasteiger partial charge is 0.270 e. The van der Waals surface area contributed by atoms with Crippen LogP contribution in [-0.4, -0.2) is 29.0 Å². The van der Waals surface area contributed by atoms with Gasteiger partial charge in [0, 0.05) is 12.4 Å². The van der Waals surface area contributed by atoms with Gasteiger partial charge in [-0.3, -0.25) is 9.59 Å². The number of allylic oxidation sites excluding steroid dienone is 1. The molecule has 1 amide bonds. The van der Waals surface area contributed by atoms with Gasteiger partial charge in [0.2, 0.25) is 0 Å². The molecule has 3 aromatic rings. The molecule has 0 spiro atoms. The Bertz CT molecular complexity index is 1060. The lowest BCUT2D eigenvalue weighted by atomic mass is 9.99. The molecule has 0 bridgehead atoms. The van der Waals surface area contributed by atoms with Gasteiger partial charge in [0.25, 0.3) is 5.91 Å². The number of hydrogen-bond acceptors (Lipinski definition) is 3. The fourth-order valence-corrected chi connectivity index (χ4v) is 3.41. The van der Waals surface area contributed by atoms with Gasteiger partial charge in [0.15, 0.2) is 0 Å². The summed E-state index contributed by atoms with van der Waals surface area (Å²) >= 11 is 0. The lowest BCUT2D eigenvalue weighted by Gasteiger charge is -2.08. The number of amides is 1. The summed E-state index contributed by atoms with van der Waals surface area (Å²) < 4.78 is 1.70. The SMILES string of the molecule is CNC(=O)c1c2cc(C3CC3)c(C=CC=O)cc2nn1-c1ccc(C)cc1.